The monoisotopic (exact) mass is 229 g/mol. The molecule has 0 unspecified atom stereocenters. The molecule has 1 rings (SSSR count). The van der Waals surface area contributed by atoms with Crippen LogP contribution in [0.15, 0.2) is 0 Å². The van der Waals surface area contributed by atoms with Crippen molar-refractivity contribution in [3.63, 3.8) is 0 Å². The highest BCUT2D eigenvalue weighted by Gasteiger charge is 2.22. The summed E-state index contributed by atoms with van der Waals surface area (Å²) in [5.41, 5.74) is 0. The molecule has 1 N–H and O–H groups in total. The van der Waals surface area contributed by atoms with Gasteiger partial charge in [0.15, 0.2) is 0 Å². The van der Waals surface area contributed by atoms with E-state index in [2.05, 4.69) is 5.32 Å². The number of piperidine rings is 1. The predicted molar refractivity (Wildman–Crippen MR) is 57.5 cm³/mol. The lowest BCUT2D eigenvalue weighted by molar-refractivity contribution is -0.172. The SMILES string of the molecule is CC(C)C(=O)OCOC(=O)C1CCNCC1. The van der Waals surface area contributed by atoms with Gasteiger partial charge in [-0.2, -0.15) is 0 Å². The van der Waals surface area contributed by atoms with Crippen LogP contribution in [0.4, 0.5) is 0 Å². The van der Waals surface area contributed by atoms with Gasteiger partial charge < -0.3 is 14.8 Å². The topological polar surface area (TPSA) is 64.6 Å². The zero-order chi connectivity index (χ0) is 12.0. The van der Waals surface area contributed by atoms with E-state index < -0.39 is 0 Å². The molecule has 16 heavy (non-hydrogen) atoms. The summed E-state index contributed by atoms with van der Waals surface area (Å²) in [5, 5.41) is 3.17. The Morgan fingerprint density at radius 1 is 1.25 bits per heavy atom. The highest BCUT2D eigenvalue weighted by Crippen LogP contribution is 2.13. The van der Waals surface area contributed by atoms with Gasteiger partial charge in [-0.1, -0.05) is 13.8 Å². The van der Waals surface area contributed by atoms with E-state index >= 15 is 0 Å². The second-order valence-corrected chi connectivity index (χ2v) is 4.22. The Labute approximate surface area is 95.5 Å². The van der Waals surface area contributed by atoms with Gasteiger partial charge in [-0.15, -0.1) is 0 Å². The highest BCUT2D eigenvalue weighted by atomic mass is 16.7. The number of carbonyl (C=O) groups excluding carboxylic acids is 2. The van der Waals surface area contributed by atoms with Crippen LogP contribution in [0.5, 0.6) is 0 Å². The quantitative estimate of drug-likeness (QED) is 0.567. The third-order valence-electron chi connectivity index (χ3n) is 2.55. The second-order valence-electron chi connectivity index (χ2n) is 4.22. The lowest BCUT2D eigenvalue weighted by atomic mass is 9.99. The van der Waals surface area contributed by atoms with Crippen LogP contribution in [-0.2, 0) is 19.1 Å². The van der Waals surface area contributed by atoms with Crippen molar-refractivity contribution >= 4 is 11.9 Å². The van der Waals surface area contributed by atoms with Gasteiger partial charge in [0, 0.05) is 0 Å². The lowest BCUT2D eigenvalue weighted by Crippen LogP contribution is -2.33. The molecule has 0 atom stereocenters. The molecular formula is C11H19NO4. The van der Waals surface area contributed by atoms with Crippen molar-refractivity contribution in [2.45, 2.75) is 26.7 Å². The van der Waals surface area contributed by atoms with E-state index in [9.17, 15) is 9.59 Å². The standard InChI is InChI=1S/C11H19NO4/c1-8(2)10(13)15-7-16-11(14)9-3-5-12-6-4-9/h8-9,12H,3-7H2,1-2H3. The maximum atomic E-state index is 11.5. The van der Waals surface area contributed by atoms with Crippen molar-refractivity contribution in [3.05, 3.63) is 0 Å². The van der Waals surface area contributed by atoms with E-state index in [1.54, 1.807) is 13.8 Å². The van der Waals surface area contributed by atoms with Crippen molar-refractivity contribution in [2.24, 2.45) is 11.8 Å². The summed E-state index contributed by atoms with van der Waals surface area (Å²) < 4.78 is 9.66. The number of esters is 2. The molecule has 1 fully saturated rings. The first-order chi connectivity index (χ1) is 7.61. The molecule has 0 amide bonds. The Kier molecular flexibility index (Phi) is 5.25. The summed E-state index contributed by atoms with van der Waals surface area (Å²) in [6.45, 7) is 4.88. The molecule has 0 bridgehead atoms. The first kappa shape index (κ1) is 13.0. The molecule has 92 valence electrons. The lowest BCUT2D eigenvalue weighted by Gasteiger charge is -2.20. The van der Waals surface area contributed by atoms with Gasteiger partial charge in [-0.3, -0.25) is 9.59 Å². The summed E-state index contributed by atoms with van der Waals surface area (Å²) in [5.74, 6) is -0.868. The first-order valence-corrected chi connectivity index (χ1v) is 5.65. The van der Waals surface area contributed by atoms with Gasteiger partial charge in [0.05, 0.1) is 11.8 Å². The molecule has 0 spiro atoms. The van der Waals surface area contributed by atoms with E-state index in [-0.39, 0.29) is 30.6 Å². The molecule has 1 aliphatic rings. The smallest absolute Gasteiger partial charge is 0.311 e. The third kappa shape index (κ3) is 4.18. The van der Waals surface area contributed by atoms with Crippen molar-refractivity contribution in [3.8, 4) is 0 Å². The maximum absolute atomic E-state index is 11.5. The Morgan fingerprint density at radius 2 is 1.88 bits per heavy atom. The molecule has 1 aliphatic heterocycles. The highest BCUT2D eigenvalue weighted by molar-refractivity contribution is 5.73. The number of rotatable bonds is 4. The average molecular weight is 229 g/mol. The molecule has 0 aromatic heterocycles. The van der Waals surface area contributed by atoms with E-state index in [4.69, 9.17) is 9.47 Å². The summed E-state index contributed by atoms with van der Waals surface area (Å²) in [7, 11) is 0. The normalized spacial score (nSPS) is 17.2. The fraction of sp³-hybridized carbons (Fsp3) is 0.818. The summed E-state index contributed by atoms with van der Waals surface area (Å²) in [6.07, 6.45) is 1.58. The molecule has 0 aliphatic carbocycles. The van der Waals surface area contributed by atoms with Crippen LogP contribution in [0, 0.1) is 11.8 Å². The second kappa shape index (κ2) is 6.48. The summed E-state index contributed by atoms with van der Waals surface area (Å²) in [4.78, 5) is 22.6. The van der Waals surface area contributed by atoms with Gasteiger partial charge in [-0.05, 0) is 25.9 Å². The zero-order valence-electron chi connectivity index (χ0n) is 9.82. The molecule has 0 aromatic rings. The van der Waals surface area contributed by atoms with Crippen molar-refractivity contribution in [1.82, 2.24) is 5.32 Å². The Balaban J connectivity index is 2.17. The predicted octanol–water partition coefficient (Wildman–Crippen LogP) is 0.686. The van der Waals surface area contributed by atoms with E-state index in [0.29, 0.717) is 0 Å². The Hall–Kier alpha value is -1.10. The number of hydrogen-bond acceptors (Lipinski definition) is 5. The Morgan fingerprint density at radius 3 is 2.44 bits per heavy atom. The average Bonchev–Trinajstić information content (AvgIpc) is 2.29. The van der Waals surface area contributed by atoms with Gasteiger partial charge in [0.1, 0.15) is 0 Å². The van der Waals surface area contributed by atoms with E-state index in [1.807, 2.05) is 0 Å². The fourth-order valence-corrected chi connectivity index (χ4v) is 1.49. The minimum absolute atomic E-state index is 0.0565. The molecule has 0 aromatic carbocycles. The number of carbonyl (C=O) groups is 2. The third-order valence-corrected chi connectivity index (χ3v) is 2.55. The number of hydrogen-bond donors (Lipinski definition) is 1. The molecule has 0 radical (unpaired) electrons. The van der Waals surface area contributed by atoms with Gasteiger partial charge in [-0.25, -0.2) is 0 Å². The maximum Gasteiger partial charge on any atom is 0.311 e. The Bertz CT molecular complexity index is 246. The number of nitrogens with one attached hydrogen (secondary N) is 1. The number of ether oxygens (including phenoxy) is 2. The van der Waals surface area contributed by atoms with Crippen molar-refractivity contribution in [1.29, 1.82) is 0 Å². The molecule has 1 heterocycles. The van der Waals surface area contributed by atoms with Crippen LogP contribution < -0.4 is 5.32 Å². The van der Waals surface area contributed by atoms with Crippen LogP contribution in [0.3, 0.4) is 0 Å². The van der Waals surface area contributed by atoms with Crippen LogP contribution in [0.2, 0.25) is 0 Å². The molecular weight excluding hydrogens is 210 g/mol. The summed E-state index contributed by atoms with van der Waals surface area (Å²) >= 11 is 0. The fourth-order valence-electron chi connectivity index (χ4n) is 1.49. The van der Waals surface area contributed by atoms with E-state index in [1.165, 1.54) is 0 Å². The van der Waals surface area contributed by atoms with Gasteiger partial charge >= 0.3 is 11.9 Å². The molecule has 5 nitrogen and oxygen atoms in total. The first-order valence-electron chi connectivity index (χ1n) is 5.65. The van der Waals surface area contributed by atoms with E-state index in [0.717, 1.165) is 25.9 Å². The van der Waals surface area contributed by atoms with Crippen LogP contribution in [-0.4, -0.2) is 31.8 Å². The zero-order valence-corrected chi connectivity index (χ0v) is 9.82. The largest absolute Gasteiger partial charge is 0.428 e. The van der Waals surface area contributed by atoms with Crippen LogP contribution in [0.1, 0.15) is 26.7 Å². The van der Waals surface area contributed by atoms with Crippen LogP contribution >= 0.6 is 0 Å². The minimum Gasteiger partial charge on any atom is -0.428 e. The molecule has 5 heteroatoms. The van der Waals surface area contributed by atoms with Crippen molar-refractivity contribution in [2.75, 3.05) is 19.9 Å². The van der Waals surface area contributed by atoms with Gasteiger partial charge in [0.25, 0.3) is 0 Å². The summed E-state index contributed by atoms with van der Waals surface area (Å²) in [6, 6.07) is 0. The molecule has 0 saturated carbocycles. The van der Waals surface area contributed by atoms with Crippen LogP contribution in [0.25, 0.3) is 0 Å². The van der Waals surface area contributed by atoms with Gasteiger partial charge in [0.2, 0.25) is 6.79 Å². The van der Waals surface area contributed by atoms with Crippen molar-refractivity contribution < 1.29 is 19.1 Å². The minimum atomic E-state index is -0.349. The molecule has 1 saturated heterocycles.